The van der Waals surface area contributed by atoms with Gasteiger partial charge in [-0.05, 0) is 59.3 Å². The molecule has 1 amide bonds. The summed E-state index contributed by atoms with van der Waals surface area (Å²) in [5.74, 6) is -0.535. The zero-order valence-corrected chi connectivity index (χ0v) is 15.2. The minimum atomic E-state index is -1.00. The van der Waals surface area contributed by atoms with Crippen molar-refractivity contribution in [2.75, 3.05) is 12.4 Å². The maximum Gasteiger partial charge on any atom is 0.338 e. The molecule has 1 atom stereocenters. The Morgan fingerprint density at radius 2 is 2.00 bits per heavy atom. The van der Waals surface area contributed by atoms with Crippen LogP contribution in [0.2, 0.25) is 0 Å². The van der Waals surface area contributed by atoms with Crippen LogP contribution >= 0.6 is 15.9 Å². The minimum absolute atomic E-state index is 0.291. The van der Waals surface area contributed by atoms with Crippen LogP contribution in [0.25, 0.3) is 0 Å². The van der Waals surface area contributed by atoms with Gasteiger partial charge in [-0.15, -0.1) is 0 Å². The van der Waals surface area contributed by atoms with Crippen LogP contribution in [0.5, 0.6) is 5.75 Å². The summed E-state index contributed by atoms with van der Waals surface area (Å²) in [5, 5.41) is 11.5. The fraction of sp³-hybridized carbons (Fsp3) is 0.167. The predicted octanol–water partition coefficient (Wildman–Crippen LogP) is 3.51. The summed E-state index contributed by atoms with van der Waals surface area (Å²) in [4.78, 5) is 24.3. The molecule has 0 aliphatic carbocycles. The predicted molar refractivity (Wildman–Crippen MR) is 95.4 cm³/mol. The van der Waals surface area contributed by atoms with Crippen molar-refractivity contribution in [1.29, 1.82) is 5.26 Å². The fourth-order valence-corrected chi connectivity index (χ4v) is 2.53. The lowest BCUT2D eigenvalue weighted by molar-refractivity contribution is -0.123. The van der Waals surface area contributed by atoms with Gasteiger partial charge in [-0.1, -0.05) is 6.07 Å². The van der Waals surface area contributed by atoms with E-state index in [0.717, 1.165) is 0 Å². The first-order chi connectivity index (χ1) is 11.9. The Balaban J connectivity index is 2.01. The molecular weight excluding hydrogens is 388 g/mol. The number of nitrogens with one attached hydrogen (secondary N) is 1. The summed E-state index contributed by atoms with van der Waals surface area (Å²) < 4.78 is 10.9. The van der Waals surface area contributed by atoms with Crippen molar-refractivity contribution in [2.45, 2.75) is 13.0 Å². The Bertz CT molecular complexity index is 845. The zero-order chi connectivity index (χ0) is 18.4. The highest BCUT2D eigenvalue weighted by atomic mass is 79.9. The second-order valence-corrected chi connectivity index (χ2v) is 5.93. The number of ether oxygens (including phenoxy) is 2. The Labute approximate surface area is 153 Å². The van der Waals surface area contributed by atoms with Crippen LogP contribution < -0.4 is 10.1 Å². The standard InChI is InChI=1S/C18H15BrN2O4/c1-11(17(22)21-14-5-3-4-12(8-14)10-20)25-18(23)13-6-7-16(24-2)15(19)9-13/h3-9,11H,1-2H3,(H,21,22). The molecule has 6 nitrogen and oxygen atoms in total. The number of carbonyl (C=O) groups excluding carboxylic acids is 2. The van der Waals surface area contributed by atoms with Crippen LogP contribution in [0.15, 0.2) is 46.9 Å². The first-order valence-corrected chi connectivity index (χ1v) is 8.09. The smallest absolute Gasteiger partial charge is 0.338 e. The van der Waals surface area contributed by atoms with Gasteiger partial charge in [0.05, 0.1) is 28.8 Å². The molecule has 0 aliphatic heterocycles. The van der Waals surface area contributed by atoms with Crippen molar-refractivity contribution in [2.24, 2.45) is 0 Å². The molecule has 7 heteroatoms. The average molecular weight is 403 g/mol. The quantitative estimate of drug-likeness (QED) is 0.772. The molecule has 0 heterocycles. The molecule has 1 N–H and O–H groups in total. The Morgan fingerprint density at radius 1 is 1.24 bits per heavy atom. The van der Waals surface area contributed by atoms with Gasteiger partial charge in [0.15, 0.2) is 6.10 Å². The van der Waals surface area contributed by atoms with Crippen molar-refractivity contribution in [3.8, 4) is 11.8 Å². The van der Waals surface area contributed by atoms with Gasteiger partial charge in [-0.3, -0.25) is 4.79 Å². The second-order valence-electron chi connectivity index (χ2n) is 5.08. The molecule has 0 fully saturated rings. The zero-order valence-electron chi connectivity index (χ0n) is 13.6. The molecule has 0 aromatic heterocycles. The molecule has 0 spiro atoms. The van der Waals surface area contributed by atoms with Crippen molar-refractivity contribution in [3.05, 3.63) is 58.1 Å². The Kier molecular flexibility index (Phi) is 6.14. The van der Waals surface area contributed by atoms with Gasteiger partial charge < -0.3 is 14.8 Å². The molecule has 2 aromatic rings. The van der Waals surface area contributed by atoms with Crippen molar-refractivity contribution in [3.63, 3.8) is 0 Å². The first-order valence-electron chi connectivity index (χ1n) is 7.30. The monoisotopic (exact) mass is 402 g/mol. The maximum absolute atomic E-state index is 12.2. The highest BCUT2D eigenvalue weighted by Crippen LogP contribution is 2.26. The topological polar surface area (TPSA) is 88.4 Å². The number of nitriles is 1. The molecule has 0 saturated heterocycles. The SMILES string of the molecule is COc1ccc(C(=O)OC(C)C(=O)Nc2cccc(C#N)c2)cc1Br. The number of esters is 1. The first kappa shape index (κ1) is 18.5. The number of hydrogen-bond donors (Lipinski definition) is 1. The van der Waals surface area contributed by atoms with Crippen LogP contribution in [0.1, 0.15) is 22.8 Å². The number of carbonyl (C=O) groups is 2. The highest BCUT2D eigenvalue weighted by Gasteiger charge is 2.20. The summed E-state index contributed by atoms with van der Waals surface area (Å²) in [5.41, 5.74) is 1.17. The summed E-state index contributed by atoms with van der Waals surface area (Å²) in [6.45, 7) is 1.47. The summed E-state index contributed by atoms with van der Waals surface area (Å²) in [6, 6.07) is 13.2. The number of benzene rings is 2. The van der Waals surface area contributed by atoms with E-state index < -0.39 is 18.0 Å². The van der Waals surface area contributed by atoms with Gasteiger partial charge in [-0.2, -0.15) is 5.26 Å². The Hall–Kier alpha value is -2.85. The lowest BCUT2D eigenvalue weighted by Crippen LogP contribution is -2.30. The van der Waals surface area contributed by atoms with E-state index >= 15 is 0 Å². The number of amides is 1. The van der Waals surface area contributed by atoms with Crippen LogP contribution in [0.3, 0.4) is 0 Å². The largest absolute Gasteiger partial charge is 0.496 e. The third-order valence-electron chi connectivity index (χ3n) is 3.30. The average Bonchev–Trinajstić information content (AvgIpc) is 2.61. The summed E-state index contributed by atoms with van der Waals surface area (Å²) >= 11 is 3.29. The Morgan fingerprint density at radius 3 is 2.64 bits per heavy atom. The van der Waals surface area contributed by atoms with E-state index in [-0.39, 0.29) is 0 Å². The van der Waals surface area contributed by atoms with E-state index in [2.05, 4.69) is 21.2 Å². The van der Waals surface area contributed by atoms with E-state index in [1.54, 1.807) is 36.4 Å². The van der Waals surface area contributed by atoms with Crippen LogP contribution in [-0.2, 0) is 9.53 Å². The van der Waals surface area contributed by atoms with E-state index in [4.69, 9.17) is 14.7 Å². The number of methoxy groups -OCH3 is 1. The van der Waals surface area contributed by atoms with Gasteiger partial charge in [-0.25, -0.2) is 4.79 Å². The number of rotatable bonds is 5. The summed E-state index contributed by atoms with van der Waals surface area (Å²) in [6.07, 6.45) is -1.00. The molecular formula is C18H15BrN2O4. The summed E-state index contributed by atoms with van der Waals surface area (Å²) in [7, 11) is 1.52. The van der Waals surface area contributed by atoms with E-state index in [0.29, 0.717) is 27.0 Å². The third kappa shape index (κ3) is 4.81. The van der Waals surface area contributed by atoms with Gasteiger partial charge in [0.1, 0.15) is 5.75 Å². The molecule has 1 unspecified atom stereocenters. The van der Waals surface area contributed by atoms with E-state index in [1.165, 1.54) is 20.1 Å². The van der Waals surface area contributed by atoms with Crippen molar-refractivity contribution < 1.29 is 19.1 Å². The normalized spacial score (nSPS) is 11.1. The minimum Gasteiger partial charge on any atom is -0.496 e. The molecule has 128 valence electrons. The third-order valence-corrected chi connectivity index (χ3v) is 3.92. The number of anilines is 1. The lowest BCUT2D eigenvalue weighted by atomic mass is 10.2. The van der Waals surface area contributed by atoms with Gasteiger partial charge in [0, 0.05) is 5.69 Å². The molecule has 0 aliphatic rings. The maximum atomic E-state index is 12.2. The van der Waals surface area contributed by atoms with Crippen molar-refractivity contribution >= 4 is 33.5 Å². The second kappa shape index (κ2) is 8.31. The van der Waals surface area contributed by atoms with Crippen LogP contribution in [-0.4, -0.2) is 25.1 Å². The van der Waals surface area contributed by atoms with Crippen LogP contribution in [0, 0.1) is 11.3 Å². The van der Waals surface area contributed by atoms with Gasteiger partial charge in [0.25, 0.3) is 5.91 Å². The molecule has 2 rings (SSSR count). The van der Waals surface area contributed by atoms with Gasteiger partial charge in [0.2, 0.25) is 0 Å². The number of nitrogens with zero attached hydrogens (tertiary/aromatic N) is 1. The molecule has 25 heavy (non-hydrogen) atoms. The molecule has 0 radical (unpaired) electrons. The molecule has 0 saturated carbocycles. The molecule has 2 aromatic carbocycles. The lowest BCUT2D eigenvalue weighted by Gasteiger charge is -2.14. The highest BCUT2D eigenvalue weighted by molar-refractivity contribution is 9.10. The van der Waals surface area contributed by atoms with E-state index in [9.17, 15) is 9.59 Å². The van der Waals surface area contributed by atoms with Crippen LogP contribution in [0.4, 0.5) is 5.69 Å². The number of hydrogen-bond acceptors (Lipinski definition) is 5. The fourth-order valence-electron chi connectivity index (χ4n) is 1.99. The van der Waals surface area contributed by atoms with E-state index in [1.807, 2.05) is 6.07 Å². The number of halogens is 1. The molecule has 0 bridgehead atoms. The van der Waals surface area contributed by atoms with Crippen molar-refractivity contribution in [1.82, 2.24) is 0 Å². The van der Waals surface area contributed by atoms with Gasteiger partial charge >= 0.3 is 5.97 Å².